The normalized spacial score (nSPS) is 14.6. The van der Waals surface area contributed by atoms with E-state index in [4.69, 9.17) is 4.42 Å². The van der Waals surface area contributed by atoms with Gasteiger partial charge in [0.05, 0.1) is 6.54 Å². The Morgan fingerprint density at radius 3 is 2.57 bits per heavy atom. The monoisotopic (exact) mass is 376 g/mol. The standard InChI is InChI=1S/C23H24N2O3/c1-17(19-10-11-19)25(15-18-7-3-2-4-8-18)23(27)21-13-12-20(28-21)16-24-14-6-5-9-22(24)26/h2-9,12-14,17,19H,10-11,15-16H2,1H3. The zero-order valence-corrected chi connectivity index (χ0v) is 16.0. The number of carbonyl (C=O) groups excluding carboxylic acids is 1. The van der Waals surface area contributed by atoms with Crippen LogP contribution >= 0.6 is 0 Å². The number of amides is 1. The van der Waals surface area contributed by atoms with Gasteiger partial charge in [0.25, 0.3) is 11.5 Å². The summed E-state index contributed by atoms with van der Waals surface area (Å²) in [6.07, 6.45) is 4.04. The smallest absolute Gasteiger partial charge is 0.290 e. The Morgan fingerprint density at radius 1 is 1.11 bits per heavy atom. The lowest BCUT2D eigenvalue weighted by atomic mass is 10.1. The van der Waals surface area contributed by atoms with Crippen molar-refractivity contribution in [1.29, 1.82) is 0 Å². The van der Waals surface area contributed by atoms with Crippen molar-refractivity contribution in [2.75, 3.05) is 0 Å². The van der Waals surface area contributed by atoms with E-state index < -0.39 is 0 Å². The second-order valence-electron chi connectivity index (χ2n) is 7.43. The van der Waals surface area contributed by atoms with Gasteiger partial charge in [-0.1, -0.05) is 36.4 Å². The first-order chi connectivity index (χ1) is 13.6. The first-order valence-electron chi connectivity index (χ1n) is 9.71. The Bertz CT molecular complexity index is 1000. The van der Waals surface area contributed by atoms with E-state index >= 15 is 0 Å². The SMILES string of the molecule is CC(C1CC1)N(Cc1ccccc1)C(=O)c1ccc(Cn2ccccc2=O)o1. The van der Waals surface area contributed by atoms with Crippen LogP contribution in [0.5, 0.6) is 0 Å². The highest BCUT2D eigenvalue weighted by Crippen LogP contribution is 2.36. The fraction of sp³-hybridized carbons (Fsp3) is 0.304. The zero-order valence-electron chi connectivity index (χ0n) is 16.0. The fourth-order valence-corrected chi connectivity index (χ4v) is 3.49. The van der Waals surface area contributed by atoms with Gasteiger partial charge in [-0.15, -0.1) is 0 Å². The molecule has 0 radical (unpaired) electrons. The fourth-order valence-electron chi connectivity index (χ4n) is 3.49. The van der Waals surface area contributed by atoms with Crippen molar-refractivity contribution in [2.24, 2.45) is 5.92 Å². The molecular formula is C23H24N2O3. The minimum absolute atomic E-state index is 0.0974. The molecule has 0 N–H and O–H groups in total. The summed E-state index contributed by atoms with van der Waals surface area (Å²) in [6.45, 7) is 2.99. The van der Waals surface area contributed by atoms with Gasteiger partial charge >= 0.3 is 0 Å². The van der Waals surface area contributed by atoms with Crippen LogP contribution in [0.15, 0.2) is 76.1 Å². The molecule has 1 saturated carbocycles. The first-order valence-corrected chi connectivity index (χ1v) is 9.71. The molecule has 0 aliphatic heterocycles. The van der Waals surface area contributed by atoms with E-state index in [1.165, 1.54) is 18.9 Å². The van der Waals surface area contributed by atoms with E-state index in [9.17, 15) is 9.59 Å². The van der Waals surface area contributed by atoms with Crippen LogP contribution in [0.4, 0.5) is 0 Å². The van der Waals surface area contributed by atoms with E-state index in [1.807, 2.05) is 35.2 Å². The third kappa shape index (κ3) is 4.09. The first kappa shape index (κ1) is 18.3. The number of rotatable bonds is 7. The number of nitrogens with zero attached hydrogens (tertiary/aromatic N) is 2. The second kappa shape index (κ2) is 7.89. The molecule has 1 amide bonds. The summed E-state index contributed by atoms with van der Waals surface area (Å²) in [6, 6.07) is 18.7. The van der Waals surface area contributed by atoms with E-state index in [0.717, 1.165) is 5.56 Å². The summed E-state index contributed by atoms with van der Waals surface area (Å²) < 4.78 is 7.38. The van der Waals surface area contributed by atoms with E-state index in [1.54, 1.807) is 35.0 Å². The Morgan fingerprint density at radius 2 is 1.86 bits per heavy atom. The van der Waals surface area contributed by atoms with Crippen LogP contribution in [0.3, 0.4) is 0 Å². The Labute approximate surface area is 164 Å². The van der Waals surface area contributed by atoms with Crippen molar-refractivity contribution in [3.63, 3.8) is 0 Å². The molecule has 5 nitrogen and oxygen atoms in total. The van der Waals surface area contributed by atoms with Crippen molar-refractivity contribution >= 4 is 5.91 Å². The molecule has 0 saturated heterocycles. The lowest BCUT2D eigenvalue weighted by Gasteiger charge is -2.29. The maximum atomic E-state index is 13.2. The largest absolute Gasteiger partial charge is 0.454 e. The van der Waals surface area contributed by atoms with Gasteiger partial charge in [-0.25, -0.2) is 0 Å². The van der Waals surface area contributed by atoms with Gasteiger partial charge in [-0.05, 0) is 49.4 Å². The molecule has 1 atom stereocenters. The molecule has 0 spiro atoms. The minimum atomic E-state index is -0.102. The third-order valence-electron chi connectivity index (χ3n) is 5.35. The Hall–Kier alpha value is -3.08. The lowest BCUT2D eigenvalue weighted by molar-refractivity contribution is 0.0619. The summed E-state index contributed by atoms with van der Waals surface area (Å²) in [5.74, 6) is 1.37. The predicted octanol–water partition coefficient (Wildman–Crippen LogP) is 3.93. The number of pyridine rings is 1. The molecule has 0 bridgehead atoms. The van der Waals surface area contributed by atoms with Crippen LogP contribution in [-0.2, 0) is 13.1 Å². The van der Waals surface area contributed by atoms with E-state index in [0.29, 0.717) is 30.5 Å². The number of hydrogen-bond acceptors (Lipinski definition) is 3. The molecule has 2 aromatic heterocycles. The lowest BCUT2D eigenvalue weighted by Crippen LogP contribution is -2.39. The molecule has 1 fully saturated rings. The molecule has 144 valence electrons. The Kier molecular flexibility index (Phi) is 5.15. The third-order valence-corrected chi connectivity index (χ3v) is 5.35. The van der Waals surface area contributed by atoms with Gasteiger partial charge in [0.1, 0.15) is 5.76 Å². The van der Waals surface area contributed by atoms with Gasteiger partial charge in [0.15, 0.2) is 5.76 Å². The van der Waals surface area contributed by atoms with E-state index in [-0.39, 0.29) is 17.5 Å². The summed E-state index contributed by atoms with van der Waals surface area (Å²) in [5.41, 5.74) is 1.01. The van der Waals surface area contributed by atoms with Gasteiger partial charge in [-0.3, -0.25) is 9.59 Å². The van der Waals surface area contributed by atoms with Gasteiger partial charge < -0.3 is 13.9 Å². The average molecular weight is 376 g/mol. The van der Waals surface area contributed by atoms with Crippen LogP contribution in [0.2, 0.25) is 0 Å². The van der Waals surface area contributed by atoms with Crippen LogP contribution in [0, 0.1) is 5.92 Å². The minimum Gasteiger partial charge on any atom is -0.454 e. The highest BCUT2D eigenvalue weighted by atomic mass is 16.4. The molecule has 2 heterocycles. The maximum absolute atomic E-state index is 13.2. The molecule has 1 aliphatic rings. The average Bonchev–Trinajstić information content (AvgIpc) is 3.46. The van der Waals surface area contributed by atoms with Crippen LogP contribution < -0.4 is 5.56 Å². The predicted molar refractivity (Wildman–Crippen MR) is 107 cm³/mol. The molecule has 28 heavy (non-hydrogen) atoms. The topological polar surface area (TPSA) is 55.5 Å². The molecule has 1 unspecified atom stereocenters. The van der Waals surface area contributed by atoms with Gasteiger partial charge in [-0.2, -0.15) is 0 Å². The molecule has 1 aromatic carbocycles. The molecule has 1 aliphatic carbocycles. The number of carbonyl (C=O) groups is 1. The summed E-state index contributed by atoms with van der Waals surface area (Å²) in [7, 11) is 0. The number of furan rings is 1. The quantitative estimate of drug-likeness (QED) is 0.628. The van der Waals surface area contributed by atoms with Gasteiger partial charge in [0, 0.05) is 24.8 Å². The highest BCUT2D eigenvalue weighted by molar-refractivity contribution is 5.91. The van der Waals surface area contributed by atoms with Crippen molar-refractivity contribution < 1.29 is 9.21 Å². The summed E-state index contributed by atoms with van der Waals surface area (Å²) in [4.78, 5) is 27.0. The molecule has 3 aromatic rings. The molecular weight excluding hydrogens is 352 g/mol. The highest BCUT2D eigenvalue weighted by Gasteiger charge is 2.35. The Balaban J connectivity index is 1.54. The molecule has 5 heteroatoms. The summed E-state index contributed by atoms with van der Waals surface area (Å²) >= 11 is 0. The second-order valence-corrected chi connectivity index (χ2v) is 7.43. The van der Waals surface area contributed by atoms with Crippen molar-refractivity contribution in [3.05, 3.63) is 94.3 Å². The van der Waals surface area contributed by atoms with Crippen molar-refractivity contribution in [3.8, 4) is 0 Å². The van der Waals surface area contributed by atoms with Gasteiger partial charge in [0.2, 0.25) is 0 Å². The van der Waals surface area contributed by atoms with Crippen LogP contribution in [0.1, 0.15) is 41.6 Å². The maximum Gasteiger partial charge on any atom is 0.290 e. The number of hydrogen-bond donors (Lipinski definition) is 0. The number of aromatic nitrogens is 1. The van der Waals surface area contributed by atoms with E-state index in [2.05, 4.69) is 6.92 Å². The van der Waals surface area contributed by atoms with Crippen LogP contribution in [0.25, 0.3) is 0 Å². The molecule has 4 rings (SSSR count). The zero-order chi connectivity index (χ0) is 19.5. The summed E-state index contributed by atoms with van der Waals surface area (Å²) in [5, 5.41) is 0. The van der Waals surface area contributed by atoms with Crippen LogP contribution in [-0.4, -0.2) is 21.4 Å². The van der Waals surface area contributed by atoms with Crippen molar-refractivity contribution in [2.45, 2.75) is 38.9 Å². The van der Waals surface area contributed by atoms with Crippen molar-refractivity contribution in [1.82, 2.24) is 9.47 Å². The number of benzene rings is 1.